The largest absolute Gasteiger partial charge is 0.0776 e. The van der Waals surface area contributed by atoms with E-state index in [0.29, 0.717) is 0 Å². The standard InChI is InChI=1S/C8H8.C2H6.CH4/c1-2-4-8-6-5-7(8)3-1;1-2;/h1-4H,5-6H2;1-2H3;1H4. The molecule has 1 aliphatic rings. The molecule has 0 N–H and O–H groups in total. The van der Waals surface area contributed by atoms with E-state index in [9.17, 15) is 0 Å². The van der Waals surface area contributed by atoms with E-state index in [1.54, 1.807) is 11.1 Å². The smallest absolute Gasteiger partial charge is 0.0235 e. The van der Waals surface area contributed by atoms with Crippen LogP contribution in [0, 0.1) is 0 Å². The fourth-order valence-corrected chi connectivity index (χ4v) is 1.14. The van der Waals surface area contributed by atoms with Crippen molar-refractivity contribution in [2.24, 2.45) is 0 Å². The summed E-state index contributed by atoms with van der Waals surface area (Å²) in [5.41, 5.74) is 3.10. The Balaban J connectivity index is 0.000000311. The van der Waals surface area contributed by atoms with Gasteiger partial charge < -0.3 is 0 Å². The molecule has 0 unspecified atom stereocenters. The molecule has 0 spiro atoms. The van der Waals surface area contributed by atoms with E-state index in [2.05, 4.69) is 24.3 Å². The van der Waals surface area contributed by atoms with Crippen molar-refractivity contribution in [3.63, 3.8) is 0 Å². The van der Waals surface area contributed by atoms with Gasteiger partial charge in [0.05, 0.1) is 0 Å². The molecule has 0 heterocycles. The third-order valence-corrected chi connectivity index (χ3v) is 1.78. The highest BCUT2D eigenvalue weighted by Crippen LogP contribution is 2.20. The average molecular weight is 150 g/mol. The summed E-state index contributed by atoms with van der Waals surface area (Å²) in [4.78, 5) is 0. The fraction of sp³-hybridized carbons (Fsp3) is 0.455. The highest BCUT2D eigenvalue weighted by Gasteiger charge is 2.09. The zero-order valence-electron chi connectivity index (χ0n) is 6.72. The molecule has 0 bridgehead atoms. The van der Waals surface area contributed by atoms with Crippen LogP contribution in [0.3, 0.4) is 0 Å². The van der Waals surface area contributed by atoms with Crippen molar-refractivity contribution in [2.45, 2.75) is 34.1 Å². The van der Waals surface area contributed by atoms with Crippen molar-refractivity contribution < 1.29 is 0 Å². The van der Waals surface area contributed by atoms with E-state index in [4.69, 9.17) is 0 Å². The monoisotopic (exact) mass is 150 g/mol. The summed E-state index contributed by atoms with van der Waals surface area (Å²) in [6.45, 7) is 4.00. The molecule has 0 amide bonds. The summed E-state index contributed by atoms with van der Waals surface area (Å²) in [6.07, 6.45) is 2.60. The molecule has 1 aromatic carbocycles. The van der Waals surface area contributed by atoms with Crippen LogP contribution in [-0.2, 0) is 12.8 Å². The summed E-state index contributed by atoms with van der Waals surface area (Å²) in [5.74, 6) is 0. The summed E-state index contributed by atoms with van der Waals surface area (Å²) >= 11 is 0. The lowest BCUT2D eigenvalue weighted by Gasteiger charge is -2.16. The Morgan fingerprint density at radius 2 is 1.27 bits per heavy atom. The molecule has 62 valence electrons. The second kappa shape index (κ2) is 4.95. The quantitative estimate of drug-likeness (QED) is 0.531. The molecule has 2 rings (SSSR count). The minimum atomic E-state index is 0. The third kappa shape index (κ3) is 2.07. The minimum Gasteiger partial charge on any atom is -0.0776 e. The van der Waals surface area contributed by atoms with Crippen LogP contribution in [0.4, 0.5) is 0 Å². The predicted molar refractivity (Wildman–Crippen MR) is 51.9 cm³/mol. The van der Waals surface area contributed by atoms with Gasteiger partial charge in [-0.15, -0.1) is 0 Å². The zero-order chi connectivity index (χ0) is 7.40. The van der Waals surface area contributed by atoms with Crippen LogP contribution in [0.15, 0.2) is 24.3 Å². The number of fused-ring (bicyclic) bond motifs is 1. The maximum Gasteiger partial charge on any atom is -0.0235 e. The molecule has 0 nitrogen and oxygen atoms in total. The van der Waals surface area contributed by atoms with Crippen molar-refractivity contribution >= 4 is 0 Å². The molecule has 0 atom stereocenters. The predicted octanol–water partition coefficient (Wildman–Crippen LogP) is 3.45. The van der Waals surface area contributed by atoms with Gasteiger partial charge in [0, 0.05) is 0 Å². The Bertz CT molecular complexity index is 178. The highest BCUT2D eigenvalue weighted by molar-refractivity contribution is 5.34. The molecule has 11 heavy (non-hydrogen) atoms. The molecule has 1 aromatic rings. The molecular formula is C11H18. The Morgan fingerprint density at radius 1 is 0.909 bits per heavy atom. The first-order chi connectivity index (χ1) is 4.97. The van der Waals surface area contributed by atoms with E-state index in [-0.39, 0.29) is 7.43 Å². The maximum atomic E-state index is 2.21. The lowest BCUT2D eigenvalue weighted by Crippen LogP contribution is -2.06. The van der Waals surface area contributed by atoms with Crippen LogP contribution in [0.1, 0.15) is 32.4 Å². The van der Waals surface area contributed by atoms with E-state index in [0.717, 1.165) is 0 Å². The van der Waals surface area contributed by atoms with E-state index < -0.39 is 0 Å². The molecule has 0 fully saturated rings. The number of aryl methyl sites for hydroxylation is 2. The first-order valence-corrected chi connectivity index (χ1v) is 4.03. The normalized spacial score (nSPS) is 11.1. The molecule has 0 saturated heterocycles. The van der Waals surface area contributed by atoms with E-state index >= 15 is 0 Å². The van der Waals surface area contributed by atoms with Crippen LogP contribution < -0.4 is 0 Å². The summed E-state index contributed by atoms with van der Waals surface area (Å²) < 4.78 is 0. The van der Waals surface area contributed by atoms with Gasteiger partial charge in [-0.1, -0.05) is 45.5 Å². The number of hydrogen-bond donors (Lipinski definition) is 0. The van der Waals surface area contributed by atoms with Gasteiger partial charge in [0.2, 0.25) is 0 Å². The molecule has 0 saturated carbocycles. The summed E-state index contributed by atoms with van der Waals surface area (Å²) in [5, 5.41) is 0. The van der Waals surface area contributed by atoms with Crippen LogP contribution in [-0.4, -0.2) is 0 Å². The van der Waals surface area contributed by atoms with Gasteiger partial charge in [-0.2, -0.15) is 0 Å². The van der Waals surface area contributed by atoms with Crippen molar-refractivity contribution in [3.8, 4) is 0 Å². The van der Waals surface area contributed by atoms with Crippen LogP contribution in [0.25, 0.3) is 0 Å². The third-order valence-electron chi connectivity index (χ3n) is 1.78. The molecule has 1 aliphatic carbocycles. The second-order valence-electron chi connectivity index (χ2n) is 2.27. The van der Waals surface area contributed by atoms with Gasteiger partial charge in [-0.05, 0) is 24.0 Å². The molecule has 0 heteroatoms. The number of benzene rings is 1. The topological polar surface area (TPSA) is 0 Å². The SMILES string of the molecule is C.CC.c1ccc2c(c1)CC2. The lowest BCUT2D eigenvalue weighted by atomic mass is 9.89. The van der Waals surface area contributed by atoms with Crippen molar-refractivity contribution in [1.29, 1.82) is 0 Å². The Kier molecular flexibility index (Phi) is 4.60. The van der Waals surface area contributed by atoms with Crippen LogP contribution in [0.2, 0.25) is 0 Å². The summed E-state index contributed by atoms with van der Waals surface area (Å²) in [7, 11) is 0. The van der Waals surface area contributed by atoms with Crippen molar-refractivity contribution in [3.05, 3.63) is 35.4 Å². The average Bonchev–Trinajstić information content (AvgIpc) is 1.96. The zero-order valence-corrected chi connectivity index (χ0v) is 6.72. The summed E-state index contributed by atoms with van der Waals surface area (Å²) in [6, 6.07) is 8.63. The van der Waals surface area contributed by atoms with Gasteiger partial charge in [0.1, 0.15) is 0 Å². The number of hydrogen-bond acceptors (Lipinski definition) is 0. The molecule has 0 radical (unpaired) electrons. The Morgan fingerprint density at radius 3 is 1.45 bits per heavy atom. The van der Waals surface area contributed by atoms with Crippen LogP contribution >= 0.6 is 0 Å². The van der Waals surface area contributed by atoms with Gasteiger partial charge in [-0.25, -0.2) is 0 Å². The Labute approximate surface area is 70.3 Å². The Hall–Kier alpha value is -0.780. The lowest BCUT2D eigenvalue weighted by molar-refractivity contribution is 0.839. The second-order valence-corrected chi connectivity index (χ2v) is 2.27. The molecule has 0 aromatic heterocycles. The van der Waals surface area contributed by atoms with Crippen molar-refractivity contribution in [2.75, 3.05) is 0 Å². The maximum absolute atomic E-state index is 2.21. The molecule has 0 aliphatic heterocycles. The van der Waals surface area contributed by atoms with E-state index in [1.807, 2.05) is 13.8 Å². The first-order valence-electron chi connectivity index (χ1n) is 4.03. The van der Waals surface area contributed by atoms with Gasteiger partial charge in [-0.3, -0.25) is 0 Å². The molecular weight excluding hydrogens is 132 g/mol. The number of rotatable bonds is 0. The van der Waals surface area contributed by atoms with Crippen LogP contribution in [0.5, 0.6) is 0 Å². The van der Waals surface area contributed by atoms with Crippen molar-refractivity contribution in [1.82, 2.24) is 0 Å². The van der Waals surface area contributed by atoms with Gasteiger partial charge in [0.15, 0.2) is 0 Å². The minimum absolute atomic E-state index is 0. The van der Waals surface area contributed by atoms with E-state index in [1.165, 1.54) is 12.8 Å². The fourth-order valence-electron chi connectivity index (χ4n) is 1.14. The highest BCUT2D eigenvalue weighted by atomic mass is 14.1. The first kappa shape index (κ1) is 10.2. The van der Waals surface area contributed by atoms with Gasteiger partial charge in [0.25, 0.3) is 0 Å². The van der Waals surface area contributed by atoms with Gasteiger partial charge >= 0.3 is 0 Å².